The van der Waals surface area contributed by atoms with Crippen molar-refractivity contribution in [2.45, 2.75) is 58.0 Å². The molecule has 0 aromatic carbocycles. The van der Waals surface area contributed by atoms with Gasteiger partial charge >= 0.3 is 5.97 Å². The monoisotopic (exact) mass is 303 g/mol. The van der Waals surface area contributed by atoms with Gasteiger partial charge in [-0.25, -0.2) is 13.1 Å². The number of hydrogen-bond acceptors (Lipinski definition) is 4. The number of carboxylic acids is 1. The number of carboxylic acid groups (broad SMARTS) is 1. The van der Waals surface area contributed by atoms with Crippen LogP contribution in [0.15, 0.2) is 4.90 Å². The number of rotatable bonds is 7. The quantitative estimate of drug-likeness (QED) is 0.784. The van der Waals surface area contributed by atoms with Crippen LogP contribution in [0.4, 0.5) is 0 Å². The molecule has 0 aliphatic heterocycles. The van der Waals surface area contributed by atoms with Gasteiger partial charge in [0.2, 0.25) is 10.0 Å². The Morgan fingerprint density at radius 3 is 2.35 bits per heavy atom. The highest BCUT2D eigenvalue weighted by atomic mass is 32.2. The Morgan fingerprint density at radius 2 is 1.90 bits per heavy atom. The van der Waals surface area contributed by atoms with Crippen molar-refractivity contribution in [2.24, 2.45) is 0 Å². The maximum absolute atomic E-state index is 12.4. The molecule has 8 heteroatoms. The zero-order valence-corrected chi connectivity index (χ0v) is 13.0. The lowest BCUT2D eigenvalue weighted by Gasteiger charge is -2.15. The SMILES string of the molecule is CCC(CC)NS(=O)(=O)c1c(C)nn(CC(=O)O)c1C. The van der Waals surface area contributed by atoms with Gasteiger partial charge in [-0.2, -0.15) is 5.10 Å². The van der Waals surface area contributed by atoms with E-state index in [-0.39, 0.29) is 17.5 Å². The van der Waals surface area contributed by atoms with Gasteiger partial charge in [0, 0.05) is 6.04 Å². The summed E-state index contributed by atoms with van der Waals surface area (Å²) in [5.74, 6) is -1.06. The number of aromatic nitrogens is 2. The van der Waals surface area contributed by atoms with Crippen molar-refractivity contribution in [1.29, 1.82) is 0 Å². The Morgan fingerprint density at radius 1 is 1.35 bits per heavy atom. The van der Waals surface area contributed by atoms with Crippen molar-refractivity contribution in [3.8, 4) is 0 Å². The maximum atomic E-state index is 12.4. The molecule has 0 aliphatic carbocycles. The van der Waals surface area contributed by atoms with Crippen molar-refractivity contribution in [3.05, 3.63) is 11.4 Å². The lowest BCUT2D eigenvalue weighted by molar-refractivity contribution is -0.137. The molecule has 1 rings (SSSR count). The molecule has 20 heavy (non-hydrogen) atoms. The third-order valence-corrected chi connectivity index (χ3v) is 4.95. The summed E-state index contributed by atoms with van der Waals surface area (Å²) in [6.45, 7) is 6.58. The van der Waals surface area contributed by atoms with Crippen LogP contribution in [0.1, 0.15) is 38.1 Å². The Kier molecular flexibility index (Phi) is 5.29. The number of sulfonamides is 1. The molecule has 1 aromatic heterocycles. The summed E-state index contributed by atoms with van der Waals surface area (Å²) in [6.07, 6.45) is 1.38. The molecule has 0 fully saturated rings. The van der Waals surface area contributed by atoms with Gasteiger partial charge in [-0.3, -0.25) is 9.48 Å². The van der Waals surface area contributed by atoms with Crippen LogP contribution < -0.4 is 4.72 Å². The minimum Gasteiger partial charge on any atom is -0.480 e. The molecule has 0 unspecified atom stereocenters. The fraction of sp³-hybridized carbons (Fsp3) is 0.667. The van der Waals surface area contributed by atoms with E-state index >= 15 is 0 Å². The second-order valence-corrected chi connectivity index (χ2v) is 6.34. The number of hydrogen-bond donors (Lipinski definition) is 2. The van der Waals surface area contributed by atoms with Crippen LogP contribution in [0.2, 0.25) is 0 Å². The van der Waals surface area contributed by atoms with Crippen molar-refractivity contribution in [2.75, 3.05) is 0 Å². The molecule has 0 saturated carbocycles. The zero-order chi connectivity index (χ0) is 15.5. The predicted octanol–water partition coefficient (Wildman–Crippen LogP) is 1.05. The first kappa shape index (κ1) is 16.6. The number of nitrogens with zero attached hydrogens (tertiary/aromatic N) is 2. The molecule has 2 N–H and O–H groups in total. The van der Waals surface area contributed by atoms with Crippen molar-refractivity contribution >= 4 is 16.0 Å². The molecule has 1 heterocycles. The predicted molar refractivity (Wildman–Crippen MR) is 74.0 cm³/mol. The van der Waals surface area contributed by atoms with E-state index in [0.717, 1.165) is 0 Å². The van der Waals surface area contributed by atoms with E-state index in [1.165, 1.54) is 4.68 Å². The molecule has 0 spiro atoms. The zero-order valence-electron chi connectivity index (χ0n) is 12.2. The highest BCUT2D eigenvalue weighted by Crippen LogP contribution is 2.20. The third kappa shape index (κ3) is 3.57. The second-order valence-electron chi connectivity index (χ2n) is 4.69. The van der Waals surface area contributed by atoms with Crippen molar-refractivity contribution in [1.82, 2.24) is 14.5 Å². The van der Waals surface area contributed by atoms with Gasteiger partial charge < -0.3 is 5.11 Å². The molecule has 114 valence electrons. The van der Waals surface area contributed by atoms with Gasteiger partial charge in [-0.15, -0.1) is 0 Å². The van der Waals surface area contributed by atoms with Gasteiger partial charge in [-0.05, 0) is 26.7 Å². The normalized spacial score (nSPS) is 12.1. The van der Waals surface area contributed by atoms with E-state index < -0.39 is 16.0 Å². The number of carbonyl (C=O) groups is 1. The van der Waals surface area contributed by atoms with E-state index in [2.05, 4.69) is 9.82 Å². The smallest absolute Gasteiger partial charge is 0.325 e. The molecule has 0 saturated heterocycles. The molecule has 0 amide bonds. The largest absolute Gasteiger partial charge is 0.480 e. The maximum Gasteiger partial charge on any atom is 0.325 e. The molecular weight excluding hydrogens is 282 g/mol. The van der Waals surface area contributed by atoms with Gasteiger partial charge in [-0.1, -0.05) is 13.8 Å². The summed E-state index contributed by atoms with van der Waals surface area (Å²) in [6, 6.07) is -0.137. The van der Waals surface area contributed by atoms with Gasteiger partial charge in [0.15, 0.2) is 0 Å². The molecular formula is C12H21N3O4S. The Balaban J connectivity index is 3.18. The highest BCUT2D eigenvalue weighted by molar-refractivity contribution is 7.89. The highest BCUT2D eigenvalue weighted by Gasteiger charge is 2.26. The second kappa shape index (κ2) is 6.36. The van der Waals surface area contributed by atoms with Crippen LogP contribution in [-0.2, 0) is 21.4 Å². The van der Waals surface area contributed by atoms with Gasteiger partial charge in [0.1, 0.15) is 11.4 Å². The first-order valence-electron chi connectivity index (χ1n) is 6.51. The Hall–Kier alpha value is -1.41. The first-order valence-corrected chi connectivity index (χ1v) is 7.99. The van der Waals surface area contributed by atoms with Crippen molar-refractivity contribution in [3.63, 3.8) is 0 Å². The van der Waals surface area contributed by atoms with E-state index in [1.807, 2.05) is 13.8 Å². The van der Waals surface area contributed by atoms with Crippen LogP contribution in [0.5, 0.6) is 0 Å². The third-order valence-electron chi connectivity index (χ3n) is 3.18. The van der Waals surface area contributed by atoms with Crippen LogP contribution in [0, 0.1) is 13.8 Å². The van der Waals surface area contributed by atoms with Gasteiger partial charge in [0.05, 0.1) is 11.4 Å². The summed E-state index contributed by atoms with van der Waals surface area (Å²) in [4.78, 5) is 10.8. The molecule has 0 aliphatic rings. The Bertz CT molecular complexity index is 588. The minimum absolute atomic E-state index is 0.0747. The van der Waals surface area contributed by atoms with Crippen LogP contribution in [0.25, 0.3) is 0 Å². The summed E-state index contributed by atoms with van der Waals surface area (Å²) in [5.41, 5.74) is 0.644. The van der Waals surface area contributed by atoms with E-state index in [4.69, 9.17) is 5.11 Å². The molecule has 0 bridgehead atoms. The fourth-order valence-electron chi connectivity index (χ4n) is 2.09. The van der Waals surface area contributed by atoms with E-state index in [0.29, 0.717) is 24.2 Å². The molecule has 0 radical (unpaired) electrons. The Labute approximate surface area is 119 Å². The van der Waals surface area contributed by atoms with E-state index in [1.54, 1.807) is 13.8 Å². The van der Waals surface area contributed by atoms with Crippen LogP contribution in [-0.4, -0.2) is 35.3 Å². The lowest BCUT2D eigenvalue weighted by atomic mass is 10.2. The molecule has 1 aromatic rings. The van der Waals surface area contributed by atoms with E-state index in [9.17, 15) is 13.2 Å². The number of aryl methyl sites for hydroxylation is 1. The number of aliphatic carboxylic acids is 1. The summed E-state index contributed by atoms with van der Waals surface area (Å²) >= 11 is 0. The summed E-state index contributed by atoms with van der Waals surface area (Å²) in [5, 5.41) is 12.8. The number of nitrogens with one attached hydrogen (secondary N) is 1. The van der Waals surface area contributed by atoms with Crippen LogP contribution in [0.3, 0.4) is 0 Å². The lowest BCUT2D eigenvalue weighted by Crippen LogP contribution is -2.34. The fourth-order valence-corrected chi connectivity index (χ4v) is 3.90. The van der Waals surface area contributed by atoms with Crippen molar-refractivity contribution < 1.29 is 18.3 Å². The standard InChI is InChI=1S/C12H21N3O4S/c1-5-10(6-2)14-20(18,19)12-8(3)13-15(9(12)4)7-11(16)17/h10,14H,5-7H2,1-4H3,(H,16,17). The summed E-state index contributed by atoms with van der Waals surface area (Å²) < 4.78 is 28.6. The molecule has 7 nitrogen and oxygen atoms in total. The average molecular weight is 303 g/mol. The first-order chi connectivity index (χ1) is 9.22. The average Bonchev–Trinajstić information content (AvgIpc) is 2.61. The van der Waals surface area contributed by atoms with Crippen LogP contribution >= 0.6 is 0 Å². The topological polar surface area (TPSA) is 101 Å². The summed E-state index contributed by atoms with van der Waals surface area (Å²) in [7, 11) is -3.69. The molecule has 0 atom stereocenters. The van der Waals surface area contributed by atoms with Gasteiger partial charge in [0.25, 0.3) is 0 Å². The minimum atomic E-state index is -3.69.